The topological polar surface area (TPSA) is 108 Å². The van der Waals surface area contributed by atoms with Crippen molar-refractivity contribution in [2.24, 2.45) is 0 Å². The summed E-state index contributed by atoms with van der Waals surface area (Å²) in [4.78, 5) is 34.9. The van der Waals surface area contributed by atoms with Gasteiger partial charge in [-0.3, -0.25) is 9.59 Å². The fourth-order valence-electron chi connectivity index (χ4n) is 2.69. The molecule has 7 nitrogen and oxygen atoms in total. The number of esters is 1. The van der Waals surface area contributed by atoms with Crippen molar-refractivity contribution in [2.45, 2.75) is 38.1 Å². The van der Waals surface area contributed by atoms with Crippen molar-refractivity contribution >= 4 is 23.5 Å². The van der Waals surface area contributed by atoms with Gasteiger partial charge in [0.15, 0.2) is 6.61 Å². The molecule has 0 radical (unpaired) electrons. The van der Waals surface area contributed by atoms with Crippen LogP contribution in [0.3, 0.4) is 0 Å². The first-order valence-corrected chi connectivity index (χ1v) is 7.71. The maximum Gasteiger partial charge on any atom is 0.338 e. The fraction of sp³-hybridized carbons (Fsp3) is 0.412. The van der Waals surface area contributed by atoms with Gasteiger partial charge >= 0.3 is 5.97 Å². The molecule has 2 N–H and O–H groups in total. The monoisotopic (exact) mass is 329 g/mol. The van der Waals surface area contributed by atoms with Crippen LogP contribution in [-0.2, 0) is 14.3 Å². The van der Waals surface area contributed by atoms with Crippen molar-refractivity contribution in [3.8, 4) is 6.07 Å². The molecule has 126 valence electrons. The van der Waals surface area contributed by atoms with Gasteiger partial charge in [0.2, 0.25) is 5.91 Å². The van der Waals surface area contributed by atoms with E-state index in [2.05, 4.69) is 16.7 Å². The first-order valence-electron chi connectivity index (χ1n) is 7.71. The van der Waals surface area contributed by atoms with E-state index in [0.29, 0.717) is 18.5 Å². The normalized spacial score (nSPS) is 15.2. The van der Waals surface area contributed by atoms with Crippen molar-refractivity contribution < 1.29 is 19.1 Å². The molecule has 1 aliphatic carbocycles. The summed E-state index contributed by atoms with van der Waals surface area (Å²) in [5.74, 6) is -1.42. The lowest BCUT2D eigenvalue weighted by molar-refractivity contribution is -0.125. The zero-order valence-corrected chi connectivity index (χ0v) is 13.4. The van der Waals surface area contributed by atoms with Gasteiger partial charge in [0, 0.05) is 12.6 Å². The molecule has 0 spiro atoms. The highest BCUT2D eigenvalue weighted by Gasteiger charge is 2.35. The quantitative estimate of drug-likeness (QED) is 0.800. The predicted octanol–water partition coefficient (Wildman–Crippen LogP) is 1.75. The molecule has 1 aliphatic rings. The van der Waals surface area contributed by atoms with E-state index in [4.69, 9.17) is 4.74 Å². The van der Waals surface area contributed by atoms with Crippen LogP contribution in [0.15, 0.2) is 24.3 Å². The molecule has 24 heavy (non-hydrogen) atoms. The van der Waals surface area contributed by atoms with Crippen LogP contribution in [0.2, 0.25) is 0 Å². The van der Waals surface area contributed by atoms with Crippen molar-refractivity contribution in [3.63, 3.8) is 0 Å². The average Bonchev–Trinajstić information content (AvgIpc) is 3.01. The molecule has 1 saturated carbocycles. The van der Waals surface area contributed by atoms with E-state index >= 15 is 0 Å². The number of hydrogen-bond acceptors (Lipinski definition) is 5. The fourth-order valence-corrected chi connectivity index (χ4v) is 2.69. The molecule has 1 aromatic rings. The summed E-state index contributed by atoms with van der Waals surface area (Å²) >= 11 is 0. The zero-order valence-electron chi connectivity index (χ0n) is 13.4. The van der Waals surface area contributed by atoms with Gasteiger partial charge in [0.05, 0.1) is 11.6 Å². The van der Waals surface area contributed by atoms with Gasteiger partial charge < -0.3 is 15.4 Å². The molecular weight excluding hydrogens is 310 g/mol. The van der Waals surface area contributed by atoms with Crippen LogP contribution < -0.4 is 10.6 Å². The number of nitrogens with one attached hydrogen (secondary N) is 2. The van der Waals surface area contributed by atoms with Crippen molar-refractivity contribution in [1.29, 1.82) is 5.26 Å². The van der Waals surface area contributed by atoms with Crippen LogP contribution in [0.5, 0.6) is 0 Å². The second-order valence-electron chi connectivity index (χ2n) is 5.79. The summed E-state index contributed by atoms with van der Waals surface area (Å²) in [6, 6.07) is 8.38. The highest BCUT2D eigenvalue weighted by atomic mass is 16.5. The standard InChI is InChI=1S/C17H19N3O4/c1-12(21)19-14-6-4-5-13(9-14)16(23)24-10-15(22)20-17(11-18)7-2-3-8-17/h4-6,9H,2-3,7-8,10H2,1H3,(H,19,21)(H,20,22). The van der Waals surface area contributed by atoms with Crippen LogP contribution >= 0.6 is 0 Å². The number of rotatable bonds is 5. The van der Waals surface area contributed by atoms with Gasteiger partial charge in [-0.05, 0) is 43.9 Å². The predicted molar refractivity (Wildman–Crippen MR) is 86.0 cm³/mol. The van der Waals surface area contributed by atoms with Crippen molar-refractivity contribution in [3.05, 3.63) is 29.8 Å². The number of nitriles is 1. The van der Waals surface area contributed by atoms with E-state index in [1.807, 2.05) is 0 Å². The molecule has 0 saturated heterocycles. The van der Waals surface area contributed by atoms with Crippen LogP contribution in [0.25, 0.3) is 0 Å². The average molecular weight is 329 g/mol. The first kappa shape index (κ1) is 17.5. The Morgan fingerprint density at radius 1 is 1.29 bits per heavy atom. The van der Waals surface area contributed by atoms with Gasteiger partial charge in [-0.1, -0.05) is 6.07 Å². The number of anilines is 1. The highest BCUT2D eigenvalue weighted by Crippen LogP contribution is 2.28. The first-order chi connectivity index (χ1) is 11.4. The van der Waals surface area contributed by atoms with E-state index < -0.39 is 24.0 Å². The smallest absolute Gasteiger partial charge is 0.338 e. The second kappa shape index (κ2) is 7.59. The number of hydrogen-bond donors (Lipinski definition) is 2. The summed E-state index contributed by atoms with van der Waals surface area (Å²) in [7, 11) is 0. The van der Waals surface area contributed by atoms with E-state index in [1.54, 1.807) is 12.1 Å². The summed E-state index contributed by atoms with van der Waals surface area (Å²) < 4.78 is 4.98. The molecular formula is C17H19N3O4. The summed E-state index contributed by atoms with van der Waals surface area (Å²) in [5.41, 5.74) is -0.143. The third-order valence-electron chi connectivity index (χ3n) is 3.80. The Morgan fingerprint density at radius 2 is 2.00 bits per heavy atom. The number of benzene rings is 1. The maximum absolute atomic E-state index is 12.0. The van der Waals surface area contributed by atoms with Gasteiger partial charge in [-0.15, -0.1) is 0 Å². The lowest BCUT2D eigenvalue weighted by Crippen LogP contribution is -2.46. The zero-order chi connectivity index (χ0) is 17.6. The second-order valence-corrected chi connectivity index (χ2v) is 5.79. The van der Waals surface area contributed by atoms with E-state index in [1.165, 1.54) is 19.1 Å². The number of amides is 2. The minimum absolute atomic E-state index is 0.227. The van der Waals surface area contributed by atoms with Crippen LogP contribution in [0, 0.1) is 11.3 Å². The molecule has 0 aliphatic heterocycles. The Balaban J connectivity index is 1.90. The molecule has 7 heteroatoms. The van der Waals surface area contributed by atoms with Crippen molar-refractivity contribution in [2.75, 3.05) is 11.9 Å². The van der Waals surface area contributed by atoms with Crippen LogP contribution in [0.1, 0.15) is 43.0 Å². The maximum atomic E-state index is 12.0. The Morgan fingerprint density at radius 3 is 2.62 bits per heavy atom. The van der Waals surface area contributed by atoms with E-state index in [-0.39, 0.29) is 11.5 Å². The molecule has 0 bridgehead atoms. The largest absolute Gasteiger partial charge is 0.452 e. The third-order valence-corrected chi connectivity index (χ3v) is 3.80. The molecule has 2 rings (SSSR count). The third kappa shape index (κ3) is 4.56. The summed E-state index contributed by atoms with van der Waals surface area (Å²) in [6.07, 6.45) is 3.01. The molecule has 0 unspecified atom stereocenters. The summed E-state index contributed by atoms with van der Waals surface area (Å²) in [5, 5.41) is 14.4. The van der Waals surface area contributed by atoms with Crippen LogP contribution in [-0.4, -0.2) is 29.9 Å². The van der Waals surface area contributed by atoms with Crippen molar-refractivity contribution in [1.82, 2.24) is 5.32 Å². The molecule has 1 aromatic carbocycles. The molecule has 1 fully saturated rings. The number of ether oxygens (including phenoxy) is 1. The van der Waals surface area contributed by atoms with E-state index in [0.717, 1.165) is 12.8 Å². The molecule has 0 aromatic heterocycles. The minimum Gasteiger partial charge on any atom is -0.452 e. The van der Waals surface area contributed by atoms with E-state index in [9.17, 15) is 19.6 Å². The Labute approximate surface area is 140 Å². The minimum atomic E-state index is -0.838. The Kier molecular flexibility index (Phi) is 5.53. The highest BCUT2D eigenvalue weighted by molar-refractivity contribution is 5.94. The molecule has 0 atom stereocenters. The lowest BCUT2D eigenvalue weighted by atomic mass is 10.00. The SMILES string of the molecule is CC(=O)Nc1cccc(C(=O)OCC(=O)NC2(C#N)CCCC2)c1. The Hall–Kier alpha value is -2.88. The summed E-state index contributed by atoms with van der Waals surface area (Å²) in [6.45, 7) is 0.913. The number of nitrogens with zero attached hydrogens (tertiary/aromatic N) is 1. The molecule has 0 heterocycles. The van der Waals surface area contributed by atoms with Crippen LogP contribution in [0.4, 0.5) is 5.69 Å². The van der Waals surface area contributed by atoms with Gasteiger partial charge in [-0.2, -0.15) is 5.26 Å². The number of carbonyl (C=O) groups excluding carboxylic acids is 3. The molecule has 2 amide bonds. The van der Waals surface area contributed by atoms with Gasteiger partial charge in [0.25, 0.3) is 5.91 Å². The lowest BCUT2D eigenvalue weighted by Gasteiger charge is -2.21. The van der Waals surface area contributed by atoms with Gasteiger partial charge in [-0.25, -0.2) is 4.79 Å². The number of carbonyl (C=O) groups is 3. The Bertz CT molecular complexity index is 687. The van der Waals surface area contributed by atoms with Gasteiger partial charge in [0.1, 0.15) is 5.54 Å².